The van der Waals surface area contributed by atoms with Crippen molar-refractivity contribution < 1.29 is 9.84 Å². The van der Waals surface area contributed by atoms with Crippen molar-refractivity contribution in [3.8, 4) is 5.75 Å². The van der Waals surface area contributed by atoms with E-state index in [4.69, 9.17) is 4.74 Å². The molecule has 1 aromatic rings. The predicted molar refractivity (Wildman–Crippen MR) is 90.8 cm³/mol. The molecule has 2 nitrogen and oxygen atoms in total. The monoisotopic (exact) mass is 354 g/mol. The number of hydrogen-bond acceptors (Lipinski definition) is 2. The van der Waals surface area contributed by atoms with Crippen molar-refractivity contribution in [2.24, 2.45) is 11.3 Å². The van der Waals surface area contributed by atoms with Gasteiger partial charge < -0.3 is 9.84 Å². The lowest BCUT2D eigenvalue weighted by Crippen LogP contribution is -2.39. The van der Waals surface area contributed by atoms with Crippen LogP contribution in [-0.2, 0) is 6.42 Å². The number of hydrogen-bond donors (Lipinski definition) is 1. The minimum Gasteiger partial charge on any atom is -0.496 e. The molecule has 3 heteroatoms. The highest BCUT2D eigenvalue weighted by Crippen LogP contribution is 2.42. The lowest BCUT2D eigenvalue weighted by molar-refractivity contribution is -0.0245. The van der Waals surface area contributed by atoms with Crippen LogP contribution in [0.5, 0.6) is 5.75 Å². The number of methoxy groups -OCH3 is 1. The second kappa shape index (κ2) is 6.29. The van der Waals surface area contributed by atoms with Crippen LogP contribution in [0.3, 0.4) is 0 Å². The first kappa shape index (κ1) is 16.8. The molecule has 0 aromatic heterocycles. The molecular weight excluding hydrogens is 328 g/mol. The normalized spacial score (nSPS) is 26.7. The van der Waals surface area contributed by atoms with Gasteiger partial charge in [0.1, 0.15) is 5.75 Å². The van der Waals surface area contributed by atoms with Gasteiger partial charge in [0.15, 0.2) is 0 Å². The van der Waals surface area contributed by atoms with Crippen molar-refractivity contribution in [2.75, 3.05) is 7.11 Å². The SMILES string of the molecule is COc1ccc(CC2(O)CCC(C(C)(C)C)CC2)cc1Br. The van der Waals surface area contributed by atoms with Crippen LogP contribution >= 0.6 is 15.9 Å². The lowest BCUT2D eigenvalue weighted by Gasteiger charge is -2.41. The number of rotatable bonds is 3. The van der Waals surface area contributed by atoms with E-state index in [9.17, 15) is 5.11 Å². The molecule has 0 atom stereocenters. The van der Waals surface area contributed by atoms with E-state index in [0.717, 1.165) is 48.2 Å². The highest BCUT2D eigenvalue weighted by atomic mass is 79.9. The van der Waals surface area contributed by atoms with Crippen LogP contribution in [-0.4, -0.2) is 17.8 Å². The molecule has 1 aliphatic rings. The summed E-state index contributed by atoms with van der Waals surface area (Å²) < 4.78 is 6.21. The van der Waals surface area contributed by atoms with Gasteiger partial charge in [-0.05, 0) is 70.6 Å². The van der Waals surface area contributed by atoms with Gasteiger partial charge in [-0.1, -0.05) is 26.8 Å². The smallest absolute Gasteiger partial charge is 0.133 e. The number of ether oxygens (including phenoxy) is 1. The predicted octanol–water partition coefficient (Wildman–Crippen LogP) is 4.97. The Morgan fingerprint density at radius 3 is 2.38 bits per heavy atom. The Morgan fingerprint density at radius 2 is 1.90 bits per heavy atom. The molecule has 0 unspecified atom stereocenters. The first-order chi connectivity index (χ1) is 9.73. The Hall–Kier alpha value is -0.540. The molecule has 0 heterocycles. The van der Waals surface area contributed by atoms with Crippen molar-refractivity contribution in [1.29, 1.82) is 0 Å². The van der Waals surface area contributed by atoms with Gasteiger partial charge in [-0.25, -0.2) is 0 Å². The summed E-state index contributed by atoms with van der Waals surface area (Å²) in [5, 5.41) is 10.9. The quantitative estimate of drug-likeness (QED) is 0.830. The van der Waals surface area contributed by atoms with E-state index in [1.165, 1.54) is 5.56 Å². The molecule has 0 radical (unpaired) electrons. The Morgan fingerprint density at radius 1 is 1.29 bits per heavy atom. The topological polar surface area (TPSA) is 29.5 Å². The van der Waals surface area contributed by atoms with Crippen LogP contribution in [0.4, 0.5) is 0 Å². The maximum absolute atomic E-state index is 10.9. The van der Waals surface area contributed by atoms with Gasteiger partial charge in [-0.2, -0.15) is 0 Å². The molecule has 0 bridgehead atoms. The fourth-order valence-corrected chi connectivity index (χ4v) is 3.99. The molecule has 118 valence electrons. The largest absolute Gasteiger partial charge is 0.496 e. The first-order valence-electron chi connectivity index (χ1n) is 7.78. The Kier molecular flexibility index (Phi) is 5.04. The second-order valence-corrected chi connectivity index (χ2v) is 8.36. The average molecular weight is 355 g/mol. The summed E-state index contributed by atoms with van der Waals surface area (Å²) in [4.78, 5) is 0. The number of benzene rings is 1. The average Bonchev–Trinajstić information content (AvgIpc) is 2.38. The van der Waals surface area contributed by atoms with E-state index in [1.54, 1.807) is 7.11 Å². The van der Waals surface area contributed by atoms with E-state index in [0.29, 0.717) is 5.41 Å². The standard InChI is InChI=1S/C18H27BrO2/c1-17(2,3)14-7-9-18(20,10-8-14)12-13-5-6-16(21-4)15(19)11-13/h5-6,11,14,20H,7-10,12H2,1-4H3. The first-order valence-corrected chi connectivity index (χ1v) is 8.58. The summed E-state index contributed by atoms with van der Waals surface area (Å²) in [7, 11) is 1.67. The van der Waals surface area contributed by atoms with Crippen molar-refractivity contribution in [3.63, 3.8) is 0 Å². The van der Waals surface area contributed by atoms with Gasteiger partial charge in [0, 0.05) is 6.42 Å². The van der Waals surface area contributed by atoms with Crippen LogP contribution in [0.1, 0.15) is 52.0 Å². The fourth-order valence-electron chi connectivity index (χ4n) is 3.40. The minimum atomic E-state index is -0.546. The zero-order chi connectivity index (χ0) is 15.7. The third-order valence-electron chi connectivity index (χ3n) is 4.89. The highest BCUT2D eigenvalue weighted by Gasteiger charge is 2.37. The van der Waals surface area contributed by atoms with Crippen molar-refractivity contribution >= 4 is 15.9 Å². The number of aliphatic hydroxyl groups is 1. The van der Waals surface area contributed by atoms with E-state index >= 15 is 0 Å². The van der Waals surface area contributed by atoms with E-state index in [2.05, 4.69) is 48.8 Å². The Balaban J connectivity index is 2.02. The maximum atomic E-state index is 10.9. The highest BCUT2D eigenvalue weighted by molar-refractivity contribution is 9.10. The minimum absolute atomic E-state index is 0.352. The summed E-state index contributed by atoms with van der Waals surface area (Å²) in [5.41, 5.74) is 0.972. The van der Waals surface area contributed by atoms with Crippen molar-refractivity contribution in [2.45, 2.75) is 58.5 Å². The van der Waals surface area contributed by atoms with Crippen LogP contribution in [0.25, 0.3) is 0 Å². The van der Waals surface area contributed by atoms with Crippen LogP contribution in [0.15, 0.2) is 22.7 Å². The van der Waals surface area contributed by atoms with Crippen molar-refractivity contribution in [3.05, 3.63) is 28.2 Å². The molecule has 1 N–H and O–H groups in total. The zero-order valence-corrected chi connectivity index (χ0v) is 15.2. The van der Waals surface area contributed by atoms with Gasteiger partial charge in [0.2, 0.25) is 0 Å². The molecule has 1 aliphatic carbocycles. The van der Waals surface area contributed by atoms with Gasteiger partial charge in [-0.3, -0.25) is 0 Å². The van der Waals surface area contributed by atoms with E-state index in [-0.39, 0.29) is 0 Å². The molecule has 1 aromatic carbocycles. The van der Waals surface area contributed by atoms with Crippen LogP contribution in [0.2, 0.25) is 0 Å². The summed E-state index contributed by atoms with van der Waals surface area (Å²) in [6, 6.07) is 6.08. The fraction of sp³-hybridized carbons (Fsp3) is 0.667. The van der Waals surface area contributed by atoms with Gasteiger partial charge >= 0.3 is 0 Å². The molecule has 0 spiro atoms. The van der Waals surface area contributed by atoms with Crippen LogP contribution in [0, 0.1) is 11.3 Å². The molecule has 2 rings (SSSR count). The van der Waals surface area contributed by atoms with Gasteiger partial charge in [0.05, 0.1) is 17.2 Å². The summed E-state index contributed by atoms with van der Waals surface area (Å²) >= 11 is 3.52. The number of halogens is 1. The third kappa shape index (κ3) is 4.23. The van der Waals surface area contributed by atoms with Crippen LogP contribution < -0.4 is 4.74 Å². The molecule has 0 amide bonds. The van der Waals surface area contributed by atoms with E-state index < -0.39 is 5.60 Å². The Bertz CT molecular complexity index is 482. The molecule has 1 saturated carbocycles. The second-order valence-electron chi connectivity index (χ2n) is 7.51. The summed E-state index contributed by atoms with van der Waals surface area (Å²) in [5.74, 6) is 1.56. The molecule has 0 aliphatic heterocycles. The zero-order valence-electron chi connectivity index (χ0n) is 13.6. The molecule has 0 saturated heterocycles. The van der Waals surface area contributed by atoms with E-state index in [1.807, 2.05) is 6.07 Å². The summed E-state index contributed by atoms with van der Waals surface area (Å²) in [6.07, 6.45) is 4.78. The maximum Gasteiger partial charge on any atom is 0.133 e. The van der Waals surface area contributed by atoms with Crippen molar-refractivity contribution in [1.82, 2.24) is 0 Å². The molecule has 21 heavy (non-hydrogen) atoms. The Labute approximate surface area is 137 Å². The lowest BCUT2D eigenvalue weighted by atomic mass is 9.67. The van der Waals surface area contributed by atoms with Gasteiger partial charge in [0.25, 0.3) is 0 Å². The molecular formula is C18H27BrO2. The third-order valence-corrected chi connectivity index (χ3v) is 5.51. The van der Waals surface area contributed by atoms with Gasteiger partial charge in [-0.15, -0.1) is 0 Å². The summed E-state index contributed by atoms with van der Waals surface area (Å²) in [6.45, 7) is 6.92. The molecule has 1 fully saturated rings.